The molecule has 2 nitrogen and oxygen atoms in total. The molecule has 2 heteroatoms. The molecule has 88 valence electrons. The molecule has 1 aliphatic carbocycles. The van der Waals surface area contributed by atoms with Gasteiger partial charge in [-0.1, -0.05) is 19.9 Å². The lowest BCUT2D eigenvalue weighted by Crippen LogP contribution is -2.14. The fraction of sp³-hybridized carbons (Fsp3) is 0.643. The van der Waals surface area contributed by atoms with Gasteiger partial charge < -0.3 is 4.74 Å². The van der Waals surface area contributed by atoms with Gasteiger partial charge in [-0.15, -0.1) is 0 Å². The van der Waals surface area contributed by atoms with E-state index in [2.05, 4.69) is 31.0 Å². The molecule has 1 saturated carbocycles. The molecule has 1 fully saturated rings. The van der Waals surface area contributed by atoms with Crippen molar-refractivity contribution in [2.24, 2.45) is 0 Å². The molecule has 0 aliphatic heterocycles. The summed E-state index contributed by atoms with van der Waals surface area (Å²) >= 11 is 0. The van der Waals surface area contributed by atoms with Crippen LogP contribution in [0.1, 0.15) is 56.7 Å². The topological polar surface area (TPSA) is 22.1 Å². The first-order chi connectivity index (χ1) is 7.66. The van der Waals surface area contributed by atoms with Crippen LogP contribution in [0.5, 0.6) is 5.88 Å². The summed E-state index contributed by atoms with van der Waals surface area (Å²) in [5.74, 6) is 1.34. The highest BCUT2D eigenvalue weighted by atomic mass is 16.5. The van der Waals surface area contributed by atoms with Gasteiger partial charge in [0.1, 0.15) is 6.10 Å². The lowest BCUT2D eigenvalue weighted by molar-refractivity contribution is 0.198. The van der Waals surface area contributed by atoms with Crippen LogP contribution in [-0.2, 0) is 0 Å². The average molecular weight is 219 g/mol. The number of aryl methyl sites for hydroxylation is 1. The zero-order valence-corrected chi connectivity index (χ0v) is 10.5. The minimum absolute atomic E-state index is 0.395. The summed E-state index contributed by atoms with van der Waals surface area (Å²) in [4.78, 5) is 4.54. The van der Waals surface area contributed by atoms with Crippen LogP contribution in [0, 0.1) is 6.92 Å². The van der Waals surface area contributed by atoms with Crippen molar-refractivity contribution in [1.82, 2.24) is 4.98 Å². The maximum absolute atomic E-state index is 6.04. The van der Waals surface area contributed by atoms with Gasteiger partial charge in [0.25, 0.3) is 0 Å². The maximum Gasteiger partial charge on any atom is 0.217 e. The lowest BCUT2D eigenvalue weighted by Gasteiger charge is -2.17. The van der Waals surface area contributed by atoms with Crippen LogP contribution in [0.15, 0.2) is 12.1 Å². The molecule has 0 aromatic carbocycles. The lowest BCUT2D eigenvalue weighted by atomic mass is 10.0. The fourth-order valence-corrected chi connectivity index (χ4v) is 2.24. The molecule has 0 bridgehead atoms. The summed E-state index contributed by atoms with van der Waals surface area (Å²) in [6.07, 6.45) is 5.37. The standard InChI is InChI=1S/C14H21NO/c1-10(2)13-9-8-11(3)15-14(13)16-12-6-4-5-7-12/h8-10,12H,4-7H2,1-3H3. The van der Waals surface area contributed by atoms with Crippen molar-refractivity contribution in [3.63, 3.8) is 0 Å². The highest BCUT2D eigenvalue weighted by Gasteiger charge is 2.19. The van der Waals surface area contributed by atoms with Gasteiger partial charge in [-0.25, -0.2) is 4.98 Å². The van der Waals surface area contributed by atoms with E-state index in [1.165, 1.54) is 31.2 Å². The second kappa shape index (κ2) is 4.86. The van der Waals surface area contributed by atoms with Crippen molar-refractivity contribution in [1.29, 1.82) is 0 Å². The minimum Gasteiger partial charge on any atom is -0.474 e. The Balaban J connectivity index is 2.19. The number of nitrogens with zero attached hydrogens (tertiary/aromatic N) is 1. The third kappa shape index (κ3) is 2.55. The molecular weight excluding hydrogens is 198 g/mol. The fourth-order valence-electron chi connectivity index (χ4n) is 2.24. The molecule has 0 N–H and O–H groups in total. The van der Waals surface area contributed by atoms with Crippen LogP contribution in [0.4, 0.5) is 0 Å². The van der Waals surface area contributed by atoms with Gasteiger partial charge in [-0.3, -0.25) is 0 Å². The van der Waals surface area contributed by atoms with Gasteiger partial charge >= 0.3 is 0 Å². The first-order valence-corrected chi connectivity index (χ1v) is 6.31. The molecule has 1 aliphatic rings. The number of hydrogen-bond donors (Lipinski definition) is 0. The summed E-state index contributed by atoms with van der Waals surface area (Å²) in [5.41, 5.74) is 2.27. The third-order valence-corrected chi connectivity index (χ3v) is 3.23. The van der Waals surface area contributed by atoms with Crippen LogP contribution in [0.25, 0.3) is 0 Å². The molecule has 2 rings (SSSR count). The Bertz CT molecular complexity index is 354. The first kappa shape index (κ1) is 11.4. The normalized spacial score (nSPS) is 17.0. The van der Waals surface area contributed by atoms with Crippen molar-refractivity contribution < 1.29 is 4.74 Å². The van der Waals surface area contributed by atoms with E-state index < -0.39 is 0 Å². The van der Waals surface area contributed by atoms with Gasteiger partial charge in [-0.05, 0) is 44.6 Å². The van der Waals surface area contributed by atoms with E-state index in [0.29, 0.717) is 12.0 Å². The molecule has 1 aromatic rings. The van der Waals surface area contributed by atoms with Gasteiger partial charge in [0.05, 0.1) is 0 Å². The van der Waals surface area contributed by atoms with Gasteiger partial charge in [0, 0.05) is 11.3 Å². The Morgan fingerprint density at radius 1 is 1.25 bits per heavy atom. The highest BCUT2D eigenvalue weighted by Crippen LogP contribution is 2.29. The quantitative estimate of drug-likeness (QED) is 0.770. The zero-order chi connectivity index (χ0) is 11.5. The molecule has 0 unspecified atom stereocenters. The third-order valence-electron chi connectivity index (χ3n) is 3.23. The number of hydrogen-bond acceptors (Lipinski definition) is 2. The van der Waals surface area contributed by atoms with E-state index >= 15 is 0 Å². The van der Waals surface area contributed by atoms with Crippen LogP contribution in [-0.4, -0.2) is 11.1 Å². The first-order valence-electron chi connectivity index (χ1n) is 6.31. The second-order valence-electron chi connectivity index (χ2n) is 5.03. The van der Waals surface area contributed by atoms with Crippen LogP contribution in [0.2, 0.25) is 0 Å². The number of pyridine rings is 1. The number of ether oxygens (including phenoxy) is 1. The van der Waals surface area contributed by atoms with E-state index in [9.17, 15) is 0 Å². The Labute approximate surface area is 98.0 Å². The van der Waals surface area contributed by atoms with Crippen molar-refractivity contribution in [2.75, 3.05) is 0 Å². The van der Waals surface area contributed by atoms with Gasteiger partial charge in [-0.2, -0.15) is 0 Å². The van der Waals surface area contributed by atoms with E-state index in [4.69, 9.17) is 4.74 Å². The Morgan fingerprint density at radius 3 is 2.56 bits per heavy atom. The number of aromatic nitrogens is 1. The summed E-state index contributed by atoms with van der Waals surface area (Å²) in [6.45, 7) is 6.40. The molecule has 0 radical (unpaired) electrons. The van der Waals surface area contributed by atoms with Crippen molar-refractivity contribution >= 4 is 0 Å². The summed E-state index contributed by atoms with van der Waals surface area (Å²) < 4.78 is 6.04. The van der Waals surface area contributed by atoms with E-state index in [1.54, 1.807) is 0 Å². The Morgan fingerprint density at radius 2 is 1.94 bits per heavy atom. The Hall–Kier alpha value is -1.05. The smallest absolute Gasteiger partial charge is 0.217 e. The molecule has 1 aromatic heterocycles. The van der Waals surface area contributed by atoms with Gasteiger partial charge in [0.2, 0.25) is 5.88 Å². The SMILES string of the molecule is Cc1ccc(C(C)C)c(OC2CCCC2)n1. The molecule has 16 heavy (non-hydrogen) atoms. The Kier molecular flexibility index (Phi) is 3.47. The summed E-state index contributed by atoms with van der Waals surface area (Å²) in [7, 11) is 0. The van der Waals surface area contributed by atoms with Gasteiger partial charge in [0.15, 0.2) is 0 Å². The molecule has 1 heterocycles. The monoisotopic (exact) mass is 219 g/mol. The second-order valence-corrected chi connectivity index (χ2v) is 5.03. The predicted octanol–water partition coefficient (Wildman–Crippen LogP) is 3.83. The largest absolute Gasteiger partial charge is 0.474 e. The predicted molar refractivity (Wildman–Crippen MR) is 65.9 cm³/mol. The van der Waals surface area contributed by atoms with E-state index in [0.717, 1.165) is 11.6 Å². The molecule has 0 saturated heterocycles. The minimum atomic E-state index is 0.395. The van der Waals surface area contributed by atoms with Crippen molar-refractivity contribution in [3.8, 4) is 5.88 Å². The summed E-state index contributed by atoms with van der Waals surface area (Å²) in [6, 6.07) is 4.22. The van der Waals surface area contributed by atoms with Crippen molar-refractivity contribution in [2.45, 2.75) is 58.5 Å². The highest BCUT2D eigenvalue weighted by molar-refractivity contribution is 5.30. The van der Waals surface area contributed by atoms with Crippen LogP contribution < -0.4 is 4.74 Å². The molecule has 0 spiro atoms. The van der Waals surface area contributed by atoms with E-state index in [-0.39, 0.29) is 0 Å². The molecule has 0 amide bonds. The van der Waals surface area contributed by atoms with Crippen LogP contribution >= 0.6 is 0 Å². The van der Waals surface area contributed by atoms with Crippen LogP contribution in [0.3, 0.4) is 0 Å². The average Bonchev–Trinajstić information content (AvgIpc) is 2.70. The molecular formula is C14H21NO. The maximum atomic E-state index is 6.04. The van der Waals surface area contributed by atoms with Crippen molar-refractivity contribution in [3.05, 3.63) is 23.4 Å². The summed E-state index contributed by atoms with van der Waals surface area (Å²) in [5, 5.41) is 0. The van der Waals surface area contributed by atoms with E-state index in [1.807, 2.05) is 6.92 Å². The zero-order valence-electron chi connectivity index (χ0n) is 10.5. The molecule has 0 atom stereocenters. The number of rotatable bonds is 3.